The third kappa shape index (κ3) is 5.94. The lowest BCUT2D eigenvalue weighted by Gasteiger charge is -2.24. The van der Waals surface area contributed by atoms with Crippen LogP contribution in [0.4, 0.5) is 0 Å². The highest BCUT2D eigenvalue weighted by Gasteiger charge is 2.23. The van der Waals surface area contributed by atoms with Crippen molar-refractivity contribution in [2.45, 2.75) is 12.8 Å². The molecule has 0 saturated heterocycles. The molecule has 0 aliphatic heterocycles. The van der Waals surface area contributed by atoms with E-state index in [4.69, 9.17) is 9.97 Å². The molecule has 242 valence electrons. The van der Waals surface area contributed by atoms with Crippen molar-refractivity contribution in [2.24, 2.45) is 5.92 Å². The number of allylic oxidation sites excluding steroid dienone is 4. The number of benzene rings is 6. The number of aromatic nitrogens is 3. The SMILES string of the molecule is CC1C=CC(c2ccccc2)=CC1c1cc(-c2ccc(-c3cccnc3)cc2)nc(-c2cccc(-c3cc4ccccc4c4ccccc34)c2)n1. The van der Waals surface area contributed by atoms with Crippen LogP contribution >= 0.6 is 0 Å². The van der Waals surface area contributed by atoms with E-state index in [9.17, 15) is 0 Å². The number of rotatable bonds is 6. The summed E-state index contributed by atoms with van der Waals surface area (Å²) in [5.74, 6) is 1.09. The Bertz CT molecular complexity index is 2590. The number of nitrogens with zero attached hydrogens (tertiary/aromatic N) is 3. The first kappa shape index (κ1) is 30.6. The molecule has 0 radical (unpaired) electrons. The molecule has 0 amide bonds. The van der Waals surface area contributed by atoms with Crippen LogP contribution in [-0.2, 0) is 0 Å². The summed E-state index contributed by atoms with van der Waals surface area (Å²) in [5, 5.41) is 4.99. The topological polar surface area (TPSA) is 38.7 Å². The van der Waals surface area contributed by atoms with Crippen LogP contribution in [0.3, 0.4) is 0 Å². The number of pyridine rings is 1. The molecule has 0 fully saturated rings. The minimum atomic E-state index is 0.0907. The average Bonchev–Trinajstić information content (AvgIpc) is 3.21. The van der Waals surface area contributed by atoms with Crippen molar-refractivity contribution >= 4 is 27.1 Å². The van der Waals surface area contributed by atoms with Crippen LogP contribution in [0.25, 0.3) is 72.0 Å². The summed E-state index contributed by atoms with van der Waals surface area (Å²) in [6, 6.07) is 53.8. The van der Waals surface area contributed by atoms with Gasteiger partial charge in [-0.1, -0.05) is 153 Å². The van der Waals surface area contributed by atoms with Crippen molar-refractivity contribution in [1.82, 2.24) is 15.0 Å². The van der Waals surface area contributed by atoms with Gasteiger partial charge in [-0.05, 0) is 85.1 Å². The van der Waals surface area contributed by atoms with E-state index in [0.717, 1.165) is 45.0 Å². The first-order valence-corrected chi connectivity index (χ1v) is 17.5. The summed E-state index contributed by atoms with van der Waals surface area (Å²) in [4.78, 5) is 14.9. The Morgan fingerprint density at radius 1 is 0.510 bits per heavy atom. The van der Waals surface area contributed by atoms with Crippen molar-refractivity contribution < 1.29 is 0 Å². The third-order valence-corrected chi connectivity index (χ3v) is 10.1. The molecule has 9 rings (SSSR count). The molecule has 2 aromatic heterocycles. The van der Waals surface area contributed by atoms with Gasteiger partial charge in [-0.3, -0.25) is 4.98 Å². The third-order valence-electron chi connectivity index (χ3n) is 10.1. The fraction of sp³-hybridized carbons (Fsp3) is 0.0625. The lowest BCUT2D eigenvalue weighted by Crippen LogP contribution is -2.12. The molecular formula is C48H35N3. The number of hydrogen-bond acceptors (Lipinski definition) is 3. The molecule has 3 nitrogen and oxygen atoms in total. The van der Waals surface area contributed by atoms with Crippen LogP contribution in [0.1, 0.15) is 24.1 Å². The maximum absolute atomic E-state index is 5.35. The van der Waals surface area contributed by atoms with Crippen molar-refractivity contribution in [1.29, 1.82) is 0 Å². The fourth-order valence-electron chi connectivity index (χ4n) is 7.35. The highest BCUT2D eigenvalue weighted by Crippen LogP contribution is 2.39. The van der Waals surface area contributed by atoms with Crippen molar-refractivity contribution in [3.63, 3.8) is 0 Å². The molecule has 6 aromatic carbocycles. The quantitative estimate of drug-likeness (QED) is 0.168. The molecule has 1 aliphatic rings. The normalized spacial score (nSPS) is 15.6. The molecule has 1 aliphatic carbocycles. The van der Waals surface area contributed by atoms with Crippen LogP contribution in [0, 0.1) is 5.92 Å². The zero-order valence-electron chi connectivity index (χ0n) is 28.3. The molecule has 3 heteroatoms. The first-order chi connectivity index (χ1) is 25.2. The van der Waals surface area contributed by atoms with Crippen molar-refractivity contribution in [2.75, 3.05) is 0 Å². The molecule has 0 bridgehead atoms. The van der Waals surface area contributed by atoms with Crippen LogP contribution in [0.2, 0.25) is 0 Å². The Labute approximate surface area is 298 Å². The van der Waals surface area contributed by atoms with E-state index in [1.54, 1.807) is 6.20 Å². The van der Waals surface area contributed by atoms with Gasteiger partial charge in [0, 0.05) is 29.4 Å². The second-order valence-corrected chi connectivity index (χ2v) is 13.3. The second kappa shape index (κ2) is 13.1. The molecule has 0 saturated carbocycles. The van der Waals surface area contributed by atoms with E-state index in [0.29, 0.717) is 0 Å². The first-order valence-electron chi connectivity index (χ1n) is 17.5. The van der Waals surface area contributed by atoms with Crippen molar-refractivity contribution in [3.8, 4) is 44.9 Å². The van der Waals surface area contributed by atoms with Crippen LogP contribution < -0.4 is 0 Å². The van der Waals surface area contributed by atoms with Gasteiger partial charge in [0.2, 0.25) is 0 Å². The van der Waals surface area contributed by atoms with Gasteiger partial charge in [0.1, 0.15) is 0 Å². The Balaban J connectivity index is 1.19. The minimum absolute atomic E-state index is 0.0907. The van der Waals surface area contributed by atoms with E-state index in [2.05, 4.69) is 176 Å². The zero-order chi connectivity index (χ0) is 34.1. The van der Waals surface area contributed by atoms with Gasteiger partial charge in [0.25, 0.3) is 0 Å². The van der Waals surface area contributed by atoms with Gasteiger partial charge >= 0.3 is 0 Å². The van der Waals surface area contributed by atoms with Gasteiger partial charge in [-0.2, -0.15) is 0 Å². The number of hydrogen-bond donors (Lipinski definition) is 0. The maximum atomic E-state index is 5.35. The minimum Gasteiger partial charge on any atom is -0.264 e. The molecule has 2 heterocycles. The Morgan fingerprint density at radius 2 is 1.22 bits per heavy atom. The van der Waals surface area contributed by atoms with E-state index in [-0.39, 0.29) is 11.8 Å². The van der Waals surface area contributed by atoms with Gasteiger partial charge in [0.15, 0.2) is 5.82 Å². The summed E-state index contributed by atoms with van der Waals surface area (Å²) in [7, 11) is 0. The van der Waals surface area contributed by atoms with Gasteiger partial charge < -0.3 is 0 Å². The fourth-order valence-corrected chi connectivity index (χ4v) is 7.35. The van der Waals surface area contributed by atoms with Gasteiger partial charge in [0.05, 0.1) is 11.4 Å². The van der Waals surface area contributed by atoms with Crippen LogP contribution in [-0.4, -0.2) is 15.0 Å². The highest BCUT2D eigenvalue weighted by molar-refractivity contribution is 6.13. The van der Waals surface area contributed by atoms with Crippen LogP contribution in [0.15, 0.2) is 182 Å². The van der Waals surface area contributed by atoms with E-state index in [1.807, 2.05) is 12.3 Å². The number of fused-ring (bicyclic) bond motifs is 3. The standard InChI is InChI=1S/C48H35N3/c1-32-20-21-36(33-11-3-2-4-12-33)28-44(32)47-30-46(35-24-22-34(23-25-35)40-16-10-26-49-31-40)50-48(51-47)39-15-9-14-37(27-39)45-29-38-13-5-6-17-41(38)42-18-7-8-19-43(42)45/h2-32,44H,1H3. The predicted molar refractivity (Wildman–Crippen MR) is 212 cm³/mol. The van der Waals surface area contributed by atoms with E-state index in [1.165, 1.54) is 38.2 Å². The zero-order valence-corrected chi connectivity index (χ0v) is 28.3. The second-order valence-electron chi connectivity index (χ2n) is 13.3. The predicted octanol–water partition coefficient (Wildman–Crippen LogP) is 12.2. The summed E-state index contributed by atoms with van der Waals surface area (Å²) < 4.78 is 0. The average molecular weight is 654 g/mol. The van der Waals surface area contributed by atoms with E-state index < -0.39 is 0 Å². The Morgan fingerprint density at radius 3 is 2.04 bits per heavy atom. The molecule has 2 unspecified atom stereocenters. The largest absolute Gasteiger partial charge is 0.264 e. The van der Waals surface area contributed by atoms with Crippen LogP contribution in [0.5, 0.6) is 0 Å². The Kier molecular flexibility index (Phi) is 7.87. The molecular weight excluding hydrogens is 619 g/mol. The summed E-state index contributed by atoms with van der Waals surface area (Å²) in [6.07, 6.45) is 10.6. The summed E-state index contributed by atoms with van der Waals surface area (Å²) >= 11 is 0. The Hall–Kier alpha value is -6.45. The van der Waals surface area contributed by atoms with Crippen molar-refractivity contribution in [3.05, 3.63) is 194 Å². The summed E-state index contributed by atoms with van der Waals surface area (Å²) in [5.41, 5.74) is 10.9. The monoisotopic (exact) mass is 653 g/mol. The lowest BCUT2D eigenvalue weighted by molar-refractivity contribution is 0.621. The molecule has 8 aromatic rings. The smallest absolute Gasteiger partial charge is 0.160 e. The van der Waals surface area contributed by atoms with Gasteiger partial charge in [-0.25, -0.2) is 9.97 Å². The molecule has 0 N–H and O–H groups in total. The molecule has 2 atom stereocenters. The van der Waals surface area contributed by atoms with Gasteiger partial charge in [-0.15, -0.1) is 0 Å². The lowest BCUT2D eigenvalue weighted by atomic mass is 9.82. The van der Waals surface area contributed by atoms with E-state index >= 15 is 0 Å². The molecule has 51 heavy (non-hydrogen) atoms. The summed E-state index contributed by atoms with van der Waals surface area (Å²) in [6.45, 7) is 2.27. The molecule has 0 spiro atoms. The highest BCUT2D eigenvalue weighted by atomic mass is 14.9. The maximum Gasteiger partial charge on any atom is 0.160 e.